The highest BCUT2D eigenvalue weighted by molar-refractivity contribution is 7.16. The number of fused-ring (bicyclic) bond motifs is 1. The number of unbranched alkanes of at least 4 members (excludes halogenated alkanes) is 3. The van der Waals surface area contributed by atoms with Crippen LogP contribution >= 0.6 is 11.3 Å². The number of pyridine rings is 1. The topological polar surface area (TPSA) is 252 Å². The van der Waals surface area contributed by atoms with Gasteiger partial charge in [-0.2, -0.15) is 15.2 Å². The van der Waals surface area contributed by atoms with Crippen molar-refractivity contribution in [3.63, 3.8) is 0 Å². The zero-order chi connectivity index (χ0) is 48.3. The summed E-state index contributed by atoms with van der Waals surface area (Å²) in [5.41, 5.74) is 22.9. The number of anilines is 2. The lowest BCUT2D eigenvalue weighted by Crippen LogP contribution is -2.41. The van der Waals surface area contributed by atoms with Crippen LogP contribution in [0.4, 0.5) is 11.4 Å². The van der Waals surface area contributed by atoms with E-state index in [2.05, 4.69) is 54.3 Å². The molecule has 358 valence electrons. The molecule has 0 saturated heterocycles. The van der Waals surface area contributed by atoms with Gasteiger partial charge in [-0.3, -0.25) is 23.7 Å². The number of aryl methyl sites for hydroxylation is 5. The highest BCUT2D eigenvalue weighted by atomic mass is 32.1. The molecule has 0 radical (unpaired) electrons. The molecule has 0 saturated carbocycles. The molecule has 1 aromatic carbocycles. The minimum Gasteiger partial charge on any atom is -0.491 e. The van der Waals surface area contributed by atoms with Crippen molar-refractivity contribution < 1.29 is 33.1 Å². The third kappa shape index (κ3) is 12.7. The van der Waals surface area contributed by atoms with Crippen molar-refractivity contribution >= 4 is 65.1 Å². The van der Waals surface area contributed by atoms with Crippen LogP contribution in [0.1, 0.15) is 132 Å². The SMILES string of the molecule is CCOC(=O)c1cc(C)nn1CCCCCc1c(C)nn(CC)c1C(=O)/N=c1\sc2cc(C(N)=O)cnc2n1CCCCNc1c(N)cc(C(N)=O)cc1OCCCO[Si](C)(C)C(C)(C)C. The Hall–Kier alpha value is -5.86. The van der Waals surface area contributed by atoms with Gasteiger partial charge < -0.3 is 41.0 Å². The lowest BCUT2D eigenvalue weighted by atomic mass is 10.0. The number of primary amides is 2. The van der Waals surface area contributed by atoms with E-state index in [1.54, 1.807) is 34.5 Å². The average molecular weight is 946 g/mol. The molecule has 4 aromatic heterocycles. The van der Waals surface area contributed by atoms with Crippen molar-refractivity contribution in [2.75, 3.05) is 37.4 Å². The van der Waals surface area contributed by atoms with Crippen molar-refractivity contribution in [2.24, 2.45) is 16.5 Å². The Balaban J connectivity index is 1.29. The van der Waals surface area contributed by atoms with Crippen LogP contribution in [0.3, 0.4) is 0 Å². The molecule has 0 fully saturated rings. The molecule has 0 atom stereocenters. The van der Waals surface area contributed by atoms with E-state index < -0.39 is 26.0 Å². The van der Waals surface area contributed by atoms with Crippen molar-refractivity contribution in [2.45, 2.75) is 131 Å². The maximum Gasteiger partial charge on any atom is 0.356 e. The van der Waals surface area contributed by atoms with Crippen LogP contribution in [0.15, 0.2) is 35.5 Å². The summed E-state index contributed by atoms with van der Waals surface area (Å²) < 4.78 is 23.6. The summed E-state index contributed by atoms with van der Waals surface area (Å²) in [4.78, 5) is 60.6. The first-order chi connectivity index (χ1) is 31.3. The van der Waals surface area contributed by atoms with E-state index in [9.17, 15) is 19.2 Å². The zero-order valence-electron chi connectivity index (χ0n) is 39.9. The monoisotopic (exact) mass is 945 g/mol. The molecule has 0 aliphatic carbocycles. The number of esters is 1. The first kappa shape index (κ1) is 51.1. The maximum absolute atomic E-state index is 14.3. The van der Waals surface area contributed by atoms with Crippen LogP contribution in [0, 0.1) is 13.8 Å². The van der Waals surface area contributed by atoms with Crippen LogP contribution in [0.5, 0.6) is 5.75 Å². The van der Waals surface area contributed by atoms with Crippen LogP contribution in [0.2, 0.25) is 18.1 Å². The number of hydrogen-bond acceptors (Lipinski definition) is 13. The van der Waals surface area contributed by atoms with Gasteiger partial charge in [-0.05, 0) is 102 Å². The van der Waals surface area contributed by atoms with Crippen LogP contribution in [-0.2, 0) is 35.2 Å². The van der Waals surface area contributed by atoms with Crippen molar-refractivity contribution in [3.8, 4) is 5.75 Å². The predicted octanol–water partition coefficient (Wildman–Crippen LogP) is 6.92. The molecule has 0 aliphatic rings. The summed E-state index contributed by atoms with van der Waals surface area (Å²) in [6.45, 7) is 21.7. The average Bonchev–Trinajstić information content (AvgIpc) is 3.91. The number of amides is 3. The standard InChI is InChI=1S/C46H67N11O7SSi/c1-10-56-39(33(30(4)54-56)18-13-12-15-21-57-35(24-29(3)53-57)44(61)62-11-2)43(60)52-45-55(42-37(65-45)27-32(28-51-42)41(49)59)20-16-14-19-50-38-34(47)25-31(40(48)58)26-36(38)63-22-17-23-64-66(8,9)46(5,6)7/h24-28,50H,10-23,47H2,1-9H3,(H2,48,58)(H2,49,59)/b52-45-. The summed E-state index contributed by atoms with van der Waals surface area (Å²) in [7, 11) is -1.91. The lowest BCUT2D eigenvalue weighted by molar-refractivity contribution is 0.0511. The van der Waals surface area contributed by atoms with Gasteiger partial charge in [0, 0.05) is 56.5 Å². The van der Waals surface area contributed by atoms with Gasteiger partial charge >= 0.3 is 5.97 Å². The number of rotatable bonds is 24. The molecule has 5 aromatic rings. The third-order valence-corrected chi connectivity index (χ3v) is 17.3. The van der Waals surface area contributed by atoms with Gasteiger partial charge in [-0.15, -0.1) is 0 Å². The molecule has 66 heavy (non-hydrogen) atoms. The van der Waals surface area contributed by atoms with E-state index in [1.165, 1.54) is 23.6 Å². The lowest BCUT2D eigenvalue weighted by Gasteiger charge is -2.36. The molecule has 5 rings (SSSR count). The second-order valence-corrected chi connectivity index (χ2v) is 23.6. The van der Waals surface area contributed by atoms with E-state index in [4.69, 9.17) is 36.2 Å². The Morgan fingerprint density at radius 2 is 1.61 bits per heavy atom. The normalized spacial score (nSPS) is 12.2. The third-order valence-electron chi connectivity index (χ3n) is 11.8. The minimum atomic E-state index is -1.91. The number of carbonyl (C=O) groups is 4. The molecule has 20 heteroatoms. The molecule has 3 amide bonds. The Labute approximate surface area is 391 Å². The molecular weight excluding hydrogens is 879 g/mol. The Bertz CT molecular complexity index is 2600. The number of nitrogen functional groups attached to an aromatic ring is 1. The summed E-state index contributed by atoms with van der Waals surface area (Å²) in [5.74, 6) is -1.61. The van der Waals surface area contributed by atoms with Gasteiger partial charge in [0.15, 0.2) is 18.8 Å². The number of benzene rings is 1. The molecule has 0 bridgehead atoms. The van der Waals surface area contributed by atoms with Crippen molar-refractivity contribution in [1.82, 2.24) is 29.1 Å². The van der Waals surface area contributed by atoms with Crippen molar-refractivity contribution in [1.29, 1.82) is 0 Å². The predicted molar refractivity (Wildman–Crippen MR) is 259 cm³/mol. The Morgan fingerprint density at radius 1 is 0.879 bits per heavy atom. The summed E-state index contributed by atoms with van der Waals surface area (Å²) in [6.07, 6.45) is 6.40. The summed E-state index contributed by atoms with van der Waals surface area (Å²) in [6, 6.07) is 6.54. The Morgan fingerprint density at radius 3 is 2.29 bits per heavy atom. The van der Waals surface area contributed by atoms with E-state index >= 15 is 0 Å². The number of thiazole rings is 1. The van der Waals surface area contributed by atoms with Gasteiger partial charge in [0.25, 0.3) is 5.91 Å². The highest BCUT2D eigenvalue weighted by Gasteiger charge is 2.37. The second-order valence-electron chi connectivity index (χ2n) is 17.8. The van der Waals surface area contributed by atoms with Crippen LogP contribution in [-0.4, -0.2) is 87.5 Å². The quantitative estimate of drug-likeness (QED) is 0.0213. The number of nitrogens with two attached hydrogens (primary N) is 3. The maximum atomic E-state index is 14.3. The molecule has 0 spiro atoms. The Kier molecular flexibility index (Phi) is 17.5. The van der Waals surface area contributed by atoms with Gasteiger partial charge in [0.2, 0.25) is 11.8 Å². The largest absolute Gasteiger partial charge is 0.491 e. The molecule has 0 aliphatic heterocycles. The van der Waals surface area contributed by atoms with E-state index in [1.807, 2.05) is 25.3 Å². The first-order valence-corrected chi connectivity index (χ1v) is 26.4. The fourth-order valence-electron chi connectivity index (χ4n) is 7.21. The molecular formula is C46H67N11O7SSi. The second kappa shape index (κ2) is 22.6. The number of hydrogen-bond donors (Lipinski definition) is 4. The van der Waals surface area contributed by atoms with Gasteiger partial charge in [0.05, 0.1) is 40.6 Å². The van der Waals surface area contributed by atoms with E-state index in [0.29, 0.717) is 109 Å². The number of aromatic nitrogens is 6. The molecule has 18 nitrogen and oxygen atoms in total. The van der Waals surface area contributed by atoms with Gasteiger partial charge in [-0.25, -0.2) is 9.78 Å². The molecule has 0 unspecified atom stereocenters. The fourth-order valence-corrected chi connectivity index (χ4v) is 9.35. The minimum absolute atomic E-state index is 0.0935. The summed E-state index contributed by atoms with van der Waals surface area (Å²) >= 11 is 1.26. The van der Waals surface area contributed by atoms with Gasteiger partial charge in [-0.1, -0.05) is 38.5 Å². The van der Waals surface area contributed by atoms with Crippen LogP contribution in [0.25, 0.3) is 10.3 Å². The number of carbonyl (C=O) groups excluding carboxylic acids is 4. The number of ether oxygens (including phenoxy) is 2. The zero-order valence-corrected chi connectivity index (χ0v) is 41.7. The smallest absolute Gasteiger partial charge is 0.356 e. The van der Waals surface area contributed by atoms with Crippen molar-refractivity contribution in [3.05, 3.63) is 74.7 Å². The first-order valence-electron chi connectivity index (χ1n) is 22.7. The number of nitrogens with one attached hydrogen (secondary N) is 1. The highest BCUT2D eigenvalue weighted by Crippen LogP contribution is 2.37. The van der Waals surface area contributed by atoms with E-state index in [-0.39, 0.29) is 28.7 Å². The molecule has 7 N–H and O–H groups in total. The fraction of sp³-hybridized carbons (Fsp3) is 0.522. The number of nitrogens with zero attached hydrogens (tertiary/aromatic N) is 7. The summed E-state index contributed by atoms with van der Waals surface area (Å²) in [5, 5.41) is 12.7. The van der Waals surface area contributed by atoms with Crippen LogP contribution < -0.4 is 32.1 Å². The van der Waals surface area contributed by atoms with E-state index in [0.717, 1.165) is 36.2 Å². The van der Waals surface area contributed by atoms with Gasteiger partial charge in [0.1, 0.15) is 22.8 Å². The molecule has 4 heterocycles.